The Morgan fingerprint density at radius 3 is 2.47 bits per heavy atom. The van der Waals surface area contributed by atoms with E-state index >= 15 is 0 Å². The van der Waals surface area contributed by atoms with Gasteiger partial charge in [0.15, 0.2) is 0 Å². The maximum absolute atomic E-state index is 12.2. The zero-order valence-electron chi connectivity index (χ0n) is 9.67. The van der Waals surface area contributed by atoms with Crippen molar-refractivity contribution < 1.29 is 8.42 Å². The molecule has 0 aliphatic rings. The first-order valence-corrected chi connectivity index (χ1v) is 7.51. The van der Waals surface area contributed by atoms with Gasteiger partial charge in [-0.05, 0) is 40.2 Å². The van der Waals surface area contributed by atoms with Crippen LogP contribution in [0.3, 0.4) is 0 Å². The van der Waals surface area contributed by atoms with Crippen molar-refractivity contribution in [3.05, 3.63) is 47.1 Å². The molecule has 19 heavy (non-hydrogen) atoms. The van der Waals surface area contributed by atoms with Crippen LogP contribution in [0.25, 0.3) is 0 Å². The molecule has 1 aromatic carbocycles. The molecule has 2 rings (SSSR count). The minimum Gasteiger partial charge on any atom is -0.321 e. The first-order valence-electron chi connectivity index (χ1n) is 5.23. The van der Waals surface area contributed by atoms with Crippen molar-refractivity contribution >= 4 is 37.3 Å². The van der Waals surface area contributed by atoms with E-state index in [1.165, 1.54) is 12.3 Å². The second-order valence-electron chi connectivity index (χ2n) is 3.59. The van der Waals surface area contributed by atoms with Gasteiger partial charge < -0.3 is 5.43 Å². The second-order valence-corrected chi connectivity index (χ2v) is 6.04. The van der Waals surface area contributed by atoms with E-state index in [0.717, 1.165) is 0 Å². The molecule has 0 aliphatic carbocycles. The van der Waals surface area contributed by atoms with Crippen LogP contribution in [0.2, 0.25) is 0 Å². The molecule has 1 aromatic heterocycles. The SMILES string of the molecule is NNc1cccnc1S(=O)(=O)Nc1ccccc1Br. The summed E-state index contributed by atoms with van der Waals surface area (Å²) in [5.41, 5.74) is 2.96. The van der Waals surface area contributed by atoms with Crippen molar-refractivity contribution in [2.24, 2.45) is 5.84 Å². The minimum atomic E-state index is -3.81. The summed E-state index contributed by atoms with van der Waals surface area (Å²) in [7, 11) is -3.81. The average molecular weight is 343 g/mol. The Bertz CT molecular complexity index is 691. The standard InChI is InChI=1S/C11H11BrN4O2S/c12-8-4-1-2-5-9(8)16-19(17,18)11-10(15-13)6-3-7-14-11/h1-7,15-16H,13H2. The normalized spacial score (nSPS) is 11.1. The Balaban J connectivity index is 2.41. The first-order chi connectivity index (χ1) is 9.04. The van der Waals surface area contributed by atoms with Crippen molar-refractivity contribution in [1.29, 1.82) is 0 Å². The largest absolute Gasteiger partial charge is 0.321 e. The van der Waals surface area contributed by atoms with E-state index in [4.69, 9.17) is 5.84 Å². The molecular formula is C11H11BrN4O2S. The molecule has 0 saturated heterocycles. The van der Waals surface area contributed by atoms with E-state index in [0.29, 0.717) is 10.2 Å². The molecule has 8 heteroatoms. The van der Waals surface area contributed by atoms with Crippen molar-refractivity contribution in [2.75, 3.05) is 10.1 Å². The van der Waals surface area contributed by atoms with Crippen LogP contribution >= 0.6 is 15.9 Å². The average Bonchev–Trinajstić information content (AvgIpc) is 2.41. The van der Waals surface area contributed by atoms with Crippen molar-refractivity contribution in [3.63, 3.8) is 0 Å². The number of rotatable bonds is 4. The number of hydrazine groups is 1. The van der Waals surface area contributed by atoms with E-state index in [1.54, 1.807) is 30.3 Å². The maximum atomic E-state index is 12.2. The Morgan fingerprint density at radius 2 is 1.79 bits per heavy atom. The number of pyridine rings is 1. The summed E-state index contributed by atoms with van der Waals surface area (Å²) in [6.45, 7) is 0. The molecule has 100 valence electrons. The second kappa shape index (κ2) is 5.55. The summed E-state index contributed by atoms with van der Waals surface area (Å²) in [6.07, 6.45) is 1.38. The summed E-state index contributed by atoms with van der Waals surface area (Å²) in [6, 6.07) is 10.0. The van der Waals surface area contributed by atoms with Gasteiger partial charge in [0, 0.05) is 10.7 Å². The van der Waals surface area contributed by atoms with Crippen LogP contribution in [0.15, 0.2) is 52.1 Å². The van der Waals surface area contributed by atoms with Crippen molar-refractivity contribution in [1.82, 2.24) is 4.98 Å². The number of nitrogens with two attached hydrogens (primary N) is 1. The number of benzene rings is 1. The summed E-state index contributed by atoms with van der Waals surface area (Å²) in [5, 5.41) is -0.159. The number of anilines is 2. The van der Waals surface area contributed by atoms with E-state index in [1.807, 2.05) is 0 Å². The van der Waals surface area contributed by atoms with Gasteiger partial charge in [0.25, 0.3) is 10.0 Å². The summed E-state index contributed by atoms with van der Waals surface area (Å²) >= 11 is 3.27. The van der Waals surface area contributed by atoms with Gasteiger partial charge in [0.2, 0.25) is 5.03 Å². The summed E-state index contributed by atoms with van der Waals surface area (Å²) < 4.78 is 27.6. The summed E-state index contributed by atoms with van der Waals surface area (Å²) in [5.74, 6) is 5.28. The zero-order valence-corrected chi connectivity index (χ0v) is 12.1. The Hall–Kier alpha value is -1.64. The fourth-order valence-electron chi connectivity index (χ4n) is 1.45. The van der Waals surface area contributed by atoms with E-state index in [2.05, 4.69) is 31.1 Å². The third-order valence-electron chi connectivity index (χ3n) is 2.30. The molecule has 0 fully saturated rings. The van der Waals surface area contributed by atoms with Gasteiger partial charge in [-0.25, -0.2) is 4.98 Å². The topological polar surface area (TPSA) is 97.1 Å². The lowest BCUT2D eigenvalue weighted by molar-refractivity contribution is 0.598. The van der Waals surface area contributed by atoms with Gasteiger partial charge >= 0.3 is 0 Å². The highest BCUT2D eigenvalue weighted by molar-refractivity contribution is 9.10. The minimum absolute atomic E-state index is 0.159. The molecule has 0 radical (unpaired) electrons. The third-order valence-corrected chi connectivity index (χ3v) is 4.31. The zero-order chi connectivity index (χ0) is 13.9. The lowest BCUT2D eigenvalue weighted by Gasteiger charge is -2.11. The van der Waals surface area contributed by atoms with E-state index in [-0.39, 0.29) is 10.7 Å². The predicted molar refractivity (Wildman–Crippen MR) is 77.0 cm³/mol. The number of hydrogen-bond donors (Lipinski definition) is 3. The van der Waals surface area contributed by atoms with E-state index in [9.17, 15) is 8.42 Å². The van der Waals surface area contributed by atoms with Crippen LogP contribution in [0, 0.1) is 0 Å². The predicted octanol–water partition coefficient (Wildman–Crippen LogP) is 1.93. The van der Waals surface area contributed by atoms with Gasteiger partial charge in [-0.2, -0.15) is 8.42 Å². The van der Waals surface area contributed by atoms with Crippen LogP contribution in [0.4, 0.5) is 11.4 Å². The van der Waals surface area contributed by atoms with Gasteiger partial charge in [-0.1, -0.05) is 12.1 Å². The van der Waals surface area contributed by atoms with Crippen molar-refractivity contribution in [2.45, 2.75) is 5.03 Å². The number of nitrogens with zero attached hydrogens (tertiary/aromatic N) is 1. The van der Waals surface area contributed by atoms with Gasteiger partial charge in [-0.3, -0.25) is 10.6 Å². The number of halogens is 1. The molecule has 0 bridgehead atoms. The molecular weight excluding hydrogens is 332 g/mol. The van der Waals surface area contributed by atoms with Gasteiger partial charge in [0.05, 0.1) is 11.4 Å². The molecule has 0 aliphatic heterocycles. The fraction of sp³-hybridized carbons (Fsp3) is 0. The first kappa shape index (κ1) is 13.8. The van der Waals surface area contributed by atoms with Gasteiger partial charge in [0.1, 0.15) is 0 Å². The molecule has 0 amide bonds. The third kappa shape index (κ3) is 3.03. The van der Waals surface area contributed by atoms with E-state index < -0.39 is 10.0 Å². The van der Waals surface area contributed by atoms with Crippen LogP contribution < -0.4 is 16.0 Å². The van der Waals surface area contributed by atoms with Gasteiger partial charge in [-0.15, -0.1) is 0 Å². The van der Waals surface area contributed by atoms with Crippen LogP contribution in [0.5, 0.6) is 0 Å². The maximum Gasteiger partial charge on any atom is 0.281 e. The number of nitrogen functional groups attached to an aromatic ring is 1. The van der Waals surface area contributed by atoms with Crippen LogP contribution in [-0.4, -0.2) is 13.4 Å². The number of hydrogen-bond acceptors (Lipinski definition) is 5. The number of aromatic nitrogens is 1. The Morgan fingerprint density at radius 1 is 1.11 bits per heavy atom. The van der Waals surface area contributed by atoms with Crippen LogP contribution in [0.1, 0.15) is 0 Å². The molecule has 0 spiro atoms. The number of para-hydroxylation sites is 1. The highest BCUT2D eigenvalue weighted by Gasteiger charge is 2.20. The monoisotopic (exact) mass is 342 g/mol. The number of sulfonamides is 1. The Labute approximate surface area is 119 Å². The molecule has 0 unspecified atom stereocenters. The lowest BCUT2D eigenvalue weighted by atomic mass is 10.3. The lowest BCUT2D eigenvalue weighted by Crippen LogP contribution is -2.19. The fourth-order valence-corrected chi connectivity index (χ4v) is 3.15. The number of nitrogens with one attached hydrogen (secondary N) is 2. The van der Waals surface area contributed by atoms with Crippen LogP contribution in [-0.2, 0) is 10.0 Å². The Kier molecular flexibility index (Phi) is 4.03. The van der Waals surface area contributed by atoms with Crippen molar-refractivity contribution in [3.8, 4) is 0 Å². The molecule has 6 nitrogen and oxygen atoms in total. The highest BCUT2D eigenvalue weighted by atomic mass is 79.9. The molecule has 0 saturated carbocycles. The molecule has 2 aromatic rings. The quantitative estimate of drug-likeness (QED) is 0.582. The molecule has 4 N–H and O–H groups in total. The molecule has 0 atom stereocenters. The smallest absolute Gasteiger partial charge is 0.281 e. The highest BCUT2D eigenvalue weighted by Crippen LogP contribution is 2.25. The molecule has 1 heterocycles. The summed E-state index contributed by atoms with van der Waals surface area (Å²) in [4.78, 5) is 3.84.